The minimum atomic E-state index is 0.375. The summed E-state index contributed by atoms with van der Waals surface area (Å²) in [6.07, 6.45) is 0. The molecular weight excluding hydrogens is 244 g/mol. The molecular formula is C18H22N2. The van der Waals surface area contributed by atoms with E-state index in [0.717, 1.165) is 26.2 Å². The van der Waals surface area contributed by atoms with E-state index < -0.39 is 0 Å². The standard InChI is InChI=1S/C18H22N2/c1-15-7-5-6-10-17(15)18(16-8-3-2-4-9-16)20-13-11-19-12-14-20/h2-10,18-19H,11-14H2,1H3/t18-/m1/s1. The Hall–Kier alpha value is -1.64. The molecule has 0 saturated carbocycles. The largest absolute Gasteiger partial charge is 0.314 e. The van der Waals surface area contributed by atoms with Gasteiger partial charge < -0.3 is 5.32 Å². The third kappa shape index (κ3) is 2.77. The molecule has 1 fully saturated rings. The lowest BCUT2D eigenvalue weighted by molar-refractivity contribution is 0.198. The molecule has 3 rings (SSSR count). The van der Waals surface area contributed by atoms with Gasteiger partial charge >= 0.3 is 0 Å². The van der Waals surface area contributed by atoms with E-state index in [2.05, 4.69) is 71.7 Å². The predicted molar refractivity (Wildman–Crippen MR) is 83.9 cm³/mol. The summed E-state index contributed by atoms with van der Waals surface area (Å²) >= 11 is 0. The van der Waals surface area contributed by atoms with E-state index in [1.807, 2.05) is 0 Å². The number of benzene rings is 2. The molecule has 2 aromatic carbocycles. The number of rotatable bonds is 3. The molecule has 2 nitrogen and oxygen atoms in total. The Bertz CT molecular complexity index is 544. The van der Waals surface area contributed by atoms with Crippen molar-refractivity contribution in [1.82, 2.24) is 10.2 Å². The molecule has 2 heteroatoms. The van der Waals surface area contributed by atoms with Crippen molar-refractivity contribution in [3.63, 3.8) is 0 Å². The summed E-state index contributed by atoms with van der Waals surface area (Å²) in [5.41, 5.74) is 4.20. The molecule has 0 unspecified atom stereocenters. The summed E-state index contributed by atoms with van der Waals surface area (Å²) in [7, 11) is 0. The van der Waals surface area contributed by atoms with Gasteiger partial charge in [-0.2, -0.15) is 0 Å². The van der Waals surface area contributed by atoms with Crippen molar-refractivity contribution in [3.8, 4) is 0 Å². The SMILES string of the molecule is Cc1ccccc1[C@@H](c1ccccc1)N1CCNCC1. The molecule has 1 saturated heterocycles. The van der Waals surface area contributed by atoms with Gasteiger partial charge in [-0.25, -0.2) is 0 Å². The number of nitrogens with one attached hydrogen (secondary N) is 1. The molecule has 0 bridgehead atoms. The maximum Gasteiger partial charge on any atom is 0.0605 e. The van der Waals surface area contributed by atoms with Gasteiger partial charge in [0.15, 0.2) is 0 Å². The first-order valence-electron chi connectivity index (χ1n) is 7.41. The third-order valence-corrected chi connectivity index (χ3v) is 4.12. The second-order valence-corrected chi connectivity index (χ2v) is 5.46. The first-order valence-corrected chi connectivity index (χ1v) is 7.41. The summed E-state index contributed by atoms with van der Waals surface area (Å²) in [6.45, 7) is 6.58. The highest BCUT2D eigenvalue weighted by Gasteiger charge is 2.24. The molecule has 0 amide bonds. The van der Waals surface area contributed by atoms with Crippen LogP contribution in [0.15, 0.2) is 54.6 Å². The van der Waals surface area contributed by atoms with Crippen LogP contribution in [0.1, 0.15) is 22.7 Å². The Morgan fingerprint density at radius 2 is 1.55 bits per heavy atom. The van der Waals surface area contributed by atoms with E-state index in [0.29, 0.717) is 6.04 Å². The molecule has 1 aliphatic heterocycles. The first kappa shape index (κ1) is 13.3. The van der Waals surface area contributed by atoms with E-state index in [-0.39, 0.29) is 0 Å². The van der Waals surface area contributed by atoms with Gasteiger partial charge in [0, 0.05) is 26.2 Å². The van der Waals surface area contributed by atoms with Crippen molar-refractivity contribution in [2.45, 2.75) is 13.0 Å². The van der Waals surface area contributed by atoms with Crippen molar-refractivity contribution >= 4 is 0 Å². The van der Waals surface area contributed by atoms with Crippen LogP contribution >= 0.6 is 0 Å². The Morgan fingerprint density at radius 1 is 0.900 bits per heavy atom. The fourth-order valence-corrected chi connectivity index (χ4v) is 3.06. The van der Waals surface area contributed by atoms with E-state index >= 15 is 0 Å². The van der Waals surface area contributed by atoms with Crippen LogP contribution in [0.2, 0.25) is 0 Å². The predicted octanol–water partition coefficient (Wildman–Crippen LogP) is 2.99. The Kier molecular flexibility index (Phi) is 4.14. The van der Waals surface area contributed by atoms with Crippen LogP contribution in [0.4, 0.5) is 0 Å². The first-order chi connectivity index (χ1) is 9.86. The summed E-state index contributed by atoms with van der Waals surface area (Å²) in [4.78, 5) is 2.59. The number of aryl methyl sites for hydroxylation is 1. The average molecular weight is 266 g/mol. The van der Waals surface area contributed by atoms with Crippen LogP contribution in [0.5, 0.6) is 0 Å². The van der Waals surface area contributed by atoms with Crippen molar-refractivity contribution in [2.75, 3.05) is 26.2 Å². The minimum Gasteiger partial charge on any atom is -0.314 e. The van der Waals surface area contributed by atoms with Crippen LogP contribution < -0.4 is 5.32 Å². The molecule has 0 spiro atoms. The van der Waals surface area contributed by atoms with Crippen LogP contribution in [0.25, 0.3) is 0 Å². The molecule has 1 aliphatic rings. The maximum atomic E-state index is 3.45. The smallest absolute Gasteiger partial charge is 0.0605 e. The van der Waals surface area contributed by atoms with E-state index in [1.165, 1.54) is 16.7 Å². The van der Waals surface area contributed by atoms with Crippen molar-refractivity contribution in [2.24, 2.45) is 0 Å². The number of hydrogen-bond acceptors (Lipinski definition) is 2. The molecule has 104 valence electrons. The van der Waals surface area contributed by atoms with Gasteiger partial charge in [-0.3, -0.25) is 4.90 Å². The Balaban J connectivity index is 2.01. The molecule has 1 heterocycles. The summed E-state index contributed by atoms with van der Waals surface area (Å²) < 4.78 is 0. The van der Waals surface area contributed by atoms with Crippen LogP contribution in [0.3, 0.4) is 0 Å². The lowest BCUT2D eigenvalue weighted by atomic mass is 9.93. The number of hydrogen-bond donors (Lipinski definition) is 1. The average Bonchev–Trinajstić information content (AvgIpc) is 2.52. The van der Waals surface area contributed by atoms with E-state index in [1.54, 1.807) is 0 Å². The lowest BCUT2D eigenvalue weighted by Gasteiger charge is -2.36. The van der Waals surface area contributed by atoms with Crippen LogP contribution in [0, 0.1) is 6.92 Å². The Labute approximate surface area is 121 Å². The topological polar surface area (TPSA) is 15.3 Å². The van der Waals surface area contributed by atoms with Crippen molar-refractivity contribution in [1.29, 1.82) is 0 Å². The highest BCUT2D eigenvalue weighted by Crippen LogP contribution is 2.30. The molecule has 20 heavy (non-hydrogen) atoms. The molecule has 0 aromatic heterocycles. The quantitative estimate of drug-likeness (QED) is 0.919. The molecule has 0 radical (unpaired) electrons. The second kappa shape index (κ2) is 6.21. The van der Waals surface area contributed by atoms with Crippen molar-refractivity contribution < 1.29 is 0 Å². The number of piperazine rings is 1. The molecule has 1 atom stereocenters. The van der Waals surface area contributed by atoms with Gasteiger partial charge in [0.2, 0.25) is 0 Å². The van der Waals surface area contributed by atoms with Crippen LogP contribution in [-0.4, -0.2) is 31.1 Å². The third-order valence-electron chi connectivity index (χ3n) is 4.12. The van der Waals surface area contributed by atoms with Gasteiger partial charge in [0.05, 0.1) is 6.04 Å². The maximum absolute atomic E-state index is 3.45. The summed E-state index contributed by atoms with van der Waals surface area (Å²) in [5.74, 6) is 0. The minimum absolute atomic E-state index is 0.375. The van der Waals surface area contributed by atoms with E-state index in [4.69, 9.17) is 0 Å². The number of nitrogens with zero attached hydrogens (tertiary/aromatic N) is 1. The fraction of sp³-hybridized carbons (Fsp3) is 0.333. The molecule has 1 N–H and O–H groups in total. The van der Waals surface area contributed by atoms with Gasteiger partial charge in [0.25, 0.3) is 0 Å². The molecule has 0 aliphatic carbocycles. The lowest BCUT2D eigenvalue weighted by Crippen LogP contribution is -2.45. The van der Waals surface area contributed by atoms with Gasteiger partial charge in [-0.1, -0.05) is 54.6 Å². The highest BCUT2D eigenvalue weighted by atomic mass is 15.2. The van der Waals surface area contributed by atoms with E-state index in [9.17, 15) is 0 Å². The van der Waals surface area contributed by atoms with Gasteiger partial charge in [0.1, 0.15) is 0 Å². The Morgan fingerprint density at radius 3 is 2.25 bits per heavy atom. The fourth-order valence-electron chi connectivity index (χ4n) is 3.06. The van der Waals surface area contributed by atoms with Gasteiger partial charge in [-0.15, -0.1) is 0 Å². The van der Waals surface area contributed by atoms with Crippen LogP contribution in [-0.2, 0) is 0 Å². The zero-order valence-corrected chi connectivity index (χ0v) is 12.0. The monoisotopic (exact) mass is 266 g/mol. The summed E-state index contributed by atoms with van der Waals surface area (Å²) in [5, 5.41) is 3.45. The normalized spacial score (nSPS) is 17.9. The molecule has 2 aromatic rings. The highest BCUT2D eigenvalue weighted by molar-refractivity contribution is 5.37. The summed E-state index contributed by atoms with van der Waals surface area (Å²) in [6, 6.07) is 20.0. The van der Waals surface area contributed by atoms with Crippen molar-refractivity contribution in [3.05, 3.63) is 71.3 Å². The zero-order chi connectivity index (χ0) is 13.8. The zero-order valence-electron chi connectivity index (χ0n) is 12.0. The van der Waals surface area contributed by atoms with Gasteiger partial charge in [-0.05, 0) is 23.6 Å². The second-order valence-electron chi connectivity index (χ2n) is 5.46.